The highest BCUT2D eigenvalue weighted by Crippen LogP contribution is 2.31. The van der Waals surface area contributed by atoms with Crippen LogP contribution in [0.25, 0.3) is 5.65 Å². The van der Waals surface area contributed by atoms with Crippen LogP contribution < -0.4 is 15.5 Å². The number of ether oxygens (including phenoxy) is 1. The lowest BCUT2D eigenvalue weighted by Gasteiger charge is -2.25. The van der Waals surface area contributed by atoms with Crippen LogP contribution in [0.5, 0.6) is 5.75 Å². The molecule has 1 aromatic carbocycles. The Balaban J connectivity index is 1.26. The lowest BCUT2D eigenvalue weighted by Crippen LogP contribution is -2.39. The molecule has 2 saturated heterocycles. The van der Waals surface area contributed by atoms with Gasteiger partial charge in [0.15, 0.2) is 11.3 Å². The average molecular weight is 505 g/mol. The van der Waals surface area contributed by atoms with Crippen LogP contribution in [0, 0.1) is 5.92 Å². The van der Waals surface area contributed by atoms with Crippen molar-refractivity contribution in [2.75, 3.05) is 37.7 Å². The SMILES string of the molecule is O=C(N[C@H]1CCN(c2ccc3ncc(C(=O)NCC4COC4)n3n2)C1)c1cc(Cl)cc(Cl)c1O. The van der Waals surface area contributed by atoms with E-state index in [4.69, 9.17) is 27.9 Å². The van der Waals surface area contributed by atoms with Crippen LogP contribution in [0.4, 0.5) is 5.82 Å². The molecule has 3 aromatic rings. The number of aromatic nitrogens is 3. The second kappa shape index (κ2) is 9.28. The molecular formula is C22H22Cl2N6O4. The summed E-state index contributed by atoms with van der Waals surface area (Å²) in [6.07, 6.45) is 2.19. The summed E-state index contributed by atoms with van der Waals surface area (Å²) in [7, 11) is 0. The second-order valence-electron chi connectivity index (χ2n) is 8.41. The Kier molecular flexibility index (Phi) is 6.20. The lowest BCUT2D eigenvalue weighted by atomic mass is 10.1. The molecule has 0 aliphatic carbocycles. The van der Waals surface area contributed by atoms with E-state index >= 15 is 0 Å². The third-order valence-corrected chi connectivity index (χ3v) is 6.47. The van der Waals surface area contributed by atoms with Crippen LogP contribution in [0.1, 0.15) is 27.3 Å². The number of phenols is 1. The molecule has 2 fully saturated rings. The minimum absolute atomic E-state index is 0.0180. The zero-order valence-corrected chi connectivity index (χ0v) is 19.5. The number of nitrogens with one attached hydrogen (secondary N) is 2. The van der Waals surface area contributed by atoms with Crippen molar-refractivity contribution < 1.29 is 19.4 Å². The van der Waals surface area contributed by atoms with Gasteiger partial charge in [0.25, 0.3) is 11.8 Å². The Morgan fingerprint density at radius 1 is 1.21 bits per heavy atom. The summed E-state index contributed by atoms with van der Waals surface area (Å²) >= 11 is 11.9. The number of aromatic hydroxyl groups is 1. The van der Waals surface area contributed by atoms with Gasteiger partial charge in [-0.3, -0.25) is 9.59 Å². The Morgan fingerprint density at radius 3 is 2.79 bits per heavy atom. The van der Waals surface area contributed by atoms with E-state index in [0.29, 0.717) is 62.3 Å². The summed E-state index contributed by atoms with van der Waals surface area (Å²) in [4.78, 5) is 31.6. The Hall–Kier alpha value is -3.08. The maximum absolute atomic E-state index is 12.7. The molecular weight excluding hydrogens is 483 g/mol. The van der Waals surface area contributed by atoms with Crippen molar-refractivity contribution in [1.82, 2.24) is 25.2 Å². The van der Waals surface area contributed by atoms with Crippen molar-refractivity contribution in [1.29, 1.82) is 0 Å². The van der Waals surface area contributed by atoms with Crippen molar-refractivity contribution in [3.63, 3.8) is 0 Å². The van der Waals surface area contributed by atoms with Gasteiger partial charge in [-0.15, -0.1) is 5.10 Å². The van der Waals surface area contributed by atoms with E-state index < -0.39 is 5.91 Å². The number of carbonyl (C=O) groups is 2. The van der Waals surface area contributed by atoms with Gasteiger partial charge in [-0.2, -0.15) is 0 Å². The van der Waals surface area contributed by atoms with Gasteiger partial charge in [0.2, 0.25) is 0 Å². The van der Waals surface area contributed by atoms with E-state index in [-0.39, 0.29) is 33.3 Å². The summed E-state index contributed by atoms with van der Waals surface area (Å²) in [5.74, 6) is 0.00469. The highest BCUT2D eigenvalue weighted by molar-refractivity contribution is 6.36. The molecule has 2 aliphatic rings. The number of amides is 2. The number of phenolic OH excluding ortho intramolecular Hbond substituents is 1. The third-order valence-electron chi connectivity index (χ3n) is 5.96. The van der Waals surface area contributed by atoms with E-state index in [1.807, 2.05) is 11.0 Å². The zero-order valence-electron chi connectivity index (χ0n) is 18.0. The first-order valence-corrected chi connectivity index (χ1v) is 11.6. The molecule has 34 heavy (non-hydrogen) atoms. The van der Waals surface area contributed by atoms with Crippen molar-refractivity contribution in [3.05, 3.63) is 51.8 Å². The fraction of sp³-hybridized carbons (Fsp3) is 0.364. The summed E-state index contributed by atoms with van der Waals surface area (Å²) in [6.45, 7) is 3.03. The fourth-order valence-corrected chi connectivity index (χ4v) is 4.50. The molecule has 2 aliphatic heterocycles. The van der Waals surface area contributed by atoms with Gasteiger partial charge >= 0.3 is 0 Å². The quantitative estimate of drug-likeness (QED) is 0.470. The van der Waals surface area contributed by atoms with Crippen molar-refractivity contribution in [2.45, 2.75) is 12.5 Å². The number of rotatable bonds is 6. The maximum Gasteiger partial charge on any atom is 0.271 e. The van der Waals surface area contributed by atoms with Crippen molar-refractivity contribution in [2.24, 2.45) is 5.92 Å². The van der Waals surface area contributed by atoms with E-state index in [2.05, 4.69) is 20.7 Å². The molecule has 4 heterocycles. The highest BCUT2D eigenvalue weighted by atomic mass is 35.5. The normalized spacial score (nSPS) is 18.2. The number of nitrogens with zero attached hydrogens (tertiary/aromatic N) is 4. The summed E-state index contributed by atoms with van der Waals surface area (Å²) in [6, 6.07) is 6.22. The number of hydrogen-bond acceptors (Lipinski definition) is 7. The molecule has 3 N–H and O–H groups in total. The predicted molar refractivity (Wildman–Crippen MR) is 126 cm³/mol. The number of halogens is 2. The molecule has 178 valence electrons. The van der Waals surface area contributed by atoms with Gasteiger partial charge < -0.3 is 25.4 Å². The Bertz CT molecular complexity index is 1260. The first kappa shape index (κ1) is 22.7. The molecule has 12 heteroatoms. The van der Waals surface area contributed by atoms with E-state index in [1.165, 1.54) is 22.8 Å². The number of imidazole rings is 1. The van der Waals surface area contributed by atoms with Crippen LogP contribution in [0.2, 0.25) is 10.0 Å². The molecule has 0 bridgehead atoms. The van der Waals surface area contributed by atoms with Crippen LogP contribution in [0.3, 0.4) is 0 Å². The fourth-order valence-electron chi connectivity index (χ4n) is 4.01. The minimum Gasteiger partial charge on any atom is -0.506 e. The van der Waals surface area contributed by atoms with Gasteiger partial charge in [0.1, 0.15) is 11.6 Å². The van der Waals surface area contributed by atoms with Crippen LogP contribution in [-0.4, -0.2) is 70.4 Å². The number of carbonyl (C=O) groups excluding carboxylic acids is 2. The van der Waals surface area contributed by atoms with E-state index in [9.17, 15) is 14.7 Å². The first-order chi connectivity index (χ1) is 16.4. The first-order valence-electron chi connectivity index (χ1n) is 10.8. The van der Waals surface area contributed by atoms with Gasteiger partial charge in [0.05, 0.1) is 30.0 Å². The van der Waals surface area contributed by atoms with Gasteiger partial charge in [-0.25, -0.2) is 9.50 Å². The minimum atomic E-state index is -0.456. The van der Waals surface area contributed by atoms with Crippen LogP contribution in [-0.2, 0) is 4.74 Å². The number of benzene rings is 1. The molecule has 5 rings (SSSR count). The monoisotopic (exact) mass is 504 g/mol. The largest absolute Gasteiger partial charge is 0.506 e. The molecule has 0 saturated carbocycles. The molecule has 0 radical (unpaired) electrons. The second-order valence-corrected chi connectivity index (χ2v) is 9.25. The highest BCUT2D eigenvalue weighted by Gasteiger charge is 2.27. The van der Waals surface area contributed by atoms with E-state index in [1.54, 1.807) is 6.07 Å². The standard InChI is InChI=1S/C22H22Cl2N6O4/c23-13-5-15(20(31)16(24)6-13)21(32)27-14-3-4-29(9-14)19-2-1-18-25-8-17(30(18)28-19)22(33)26-7-12-10-34-11-12/h1-2,5-6,8,12,14,31H,3-4,7,9-11H2,(H,26,33)(H,27,32)/t14-/m0/s1. The van der Waals surface area contributed by atoms with Crippen molar-refractivity contribution in [3.8, 4) is 5.75 Å². The summed E-state index contributed by atoms with van der Waals surface area (Å²) < 4.78 is 6.67. The smallest absolute Gasteiger partial charge is 0.271 e. The van der Waals surface area contributed by atoms with Gasteiger partial charge in [-0.1, -0.05) is 23.2 Å². The summed E-state index contributed by atoms with van der Waals surface area (Å²) in [5, 5.41) is 20.8. The molecule has 0 spiro atoms. The van der Waals surface area contributed by atoms with Gasteiger partial charge in [0, 0.05) is 36.6 Å². The van der Waals surface area contributed by atoms with E-state index in [0.717, 1.165) is 0 Å². The molecule has 0 unspecified atom stereocenters. The molecule has 2 amide bonds. The Morgan fingerprint density at radius 2 is 2.03 bits per heavy atom. The molecule has 10 nitrogen and oxygen atoms in total. The number of fused-ring (bicyclic) bond motifs is 1. The number of hydrogen-bond donors (Lipinski definition) is 3. The zero-order chi connectivity index (χ0) is 23.8. The summed E-state index contributed by atoms with van der Waals surface area (Å²) in [5.41, 5.74) is 0.950. The lowest BCUT2D eigenvalue weighted by molar-refractivity contribution is -0.0299. The third kappa shape index (κ3) is 4.48. The Labute approximate surface area is 204 Å². The molecule has 1 atom stereocenters. The van der Waals surface area contributed by atoms with Crippen LogP contribution >= 0.6 is 23.2 Å². The van der Waals surface area contributed by atoms with Gasteiger partial charge in [-0.05, 0) is 30.7 Å². The average Bonchev–Trinajstić information content (AvgIpc) is 3.41. The predicted octanol–water partition coefficient (Wildman–Crippen LogP) is 2.13. The molecule has 2 aromatic heterocycles. The number of anilines is 1. The van der Waals surface area contributed by atoms with Crippen molar-refractivity contribution >= 4 is 46.5 Å². The topological polar surface area (TPSA) is 121 Å². The van der Waals surface area contributed by atoms with Crippen LogP contribution in [0.15, 0.2) is 30.5 Å². The maximum atomic E-state index is 12.7.